The van der Waals surface area contributed by atoms with E-state index in [0.29, 0.717) is 13.0 Å². The molecular weight excluding hydrogens is 234 g/mol. The highest BCUT2D eigenvalue weighted by atomic mass is 16.5. The average Bonchev–Trinajstić information content (AvgIpc) is 2.89. The maximum absolute atomic E-state index is 12.3. The number of nitrogens with zero attached hydrogens (tertiary/aromatic N) is 1. The van der Waals surface area contributed by atoms with E-state index in [9.17, 15) is 9.59 Å². The third kappa shape index (κ3) is 3.22. The van der Waals surface area contributed by atoms with Gasteiger partial charge in [0.05, 0.1) is 0 Å². The summed E-state index contributed by atoms with van der Waals surface area (Å²) in [7, 11) is 0. The fraction of sp³-hybridized carbons (Fsp3) is 0.846. The van der Waals surface area contributed by atoms with Gasteiger partial charge in [0, 0.05) is 25.6 Å². The van der Waals surface area contributed by atoms with Gasteiger partial charge in [-0.25, -0.2) is 0 Å². The molecule has 0 spiro atoms. The number of ether oxygens (including phenoxy) is 1. The standard InChI is InChI=1S/C13H21NO4/c15-12(16)7-6-10-4-1-2-8-14(10)13(17)11-5-3-9-18-11/h10-11H,1-9H2,(H,15,16)/t10-,11+/m1/s1. The molecule has 0 unspecified atom stereocenters. The summed E-state index contributed by atoms with van der Waals surface area (Å²) in [5.74, 6) is -0.715. The summed E-state index contributed by atoms with van der Waals surface area (Å²) in [5.41, 5.74) is 0. The second-order valence-electron chi connectivity index (χ2n) is 5.12. The Hall–Kier alpha value is -1.10. The SMILES string of the molecule is O=C(O)CC[C@H]1CCCCN1C(=O)[C@@H]1CCCO1. The quantitative estimate of drug-likeness (QED) is 0.824. The van der Waals surface area contributed by atoms with Crippen molar-refractivity contribution in [1.29, 1.82) is 0 Å². The van der Waals surface area contributed by atoms with Gasteiger partial charge < -0.3 is 14.7 Å². The van der Waals surface area contributed by atoms with Crippen molar-refractivity contribution in [3.05, 3.63) is 0 Å². The zero-order chi connectivity index (χ0) is 13.0. The number of carbonyl (C=O) groups is 2. The number of amides is 1. The molecule has 0 bridgehead atoms. The van der Waals surface area contributed by atoms with Gasteiger partial charge in [-0.1, -0.05) is 0 Å². The van der Waals surface area contributed by atoms with E-state index in [1.54, 1.807) is 0 Å². The van der Waals surface area contributed by atoms with E-state index < -0.39 is 5.97 Å². The lowest BCUT2D eigenvalue weighted by molar-refractivity contribution is -0.146. The summed E-state index contributed by atoms with van der Waals surface area (Å²) in [6.07, 6.45) is 5.20. The van der Waals surface area contributed by atoms with Gasteiger partial charge in [-0.05, 0) is 38.5 Å². The maximum atomic E-state index is 12.3. The van der Waals surface area contributed by atoms with Crippen LogP contribution in [0, 0.1) is 0 Å². The first-order valence-corrected chi connectivity index (χ1v) is 6.82. The molecule has 1 amide bonds. The largest absolute Gasteiger partial charge is 0.481 e. The van der Waals surface area contributed by atoms with Crippen molar-refractivity contribution < 1.29 is 19.4 Å². The van der Waals surface area contributed by atoms with Crippen LogP contribution in [-0.4, -0.2) is 47.2 Å². The van der Waals surface area contributed by atoms with Crippen molar-refractivity contribution in [3.63, 3.8) is 0 Å². The fourth-order valence-electron chi connectivity index (χ4n) is 2.84. The Morgan fingerprint density at radius 1 is 1.22 bits per heavy atom. The van der Waals surface area contributed by atoms with Gasteiger partial charge in [0.15, 0.2) is 0 Å². The van der Waals surface area contributed by atoms with Crippen molar-refractivity contribution in [2.24, 2.45) is 0 Å². The Balaban J connectivity index is 1.93. The summed E-state index contributed by atoms with van der Waals surface area (Å²) in [6.45, 7) is 1.42. The smallest absolute Gasteiger partial charge is 0.303 e. The summed E-state index contributed by atoms with van der Waals surface area (Å²) < 4.78 is 5.43. The molecule has 2 saturated heterocycles. The van der Waals surface area contributed by atoms with Crippen LogP contribution in [0.3, 0.4) is 0 Å². The number of hydrogen-bond acceptors (Lipinski definition) is 3. The average molecular weight is 255 g/mol. The highest BCUT2D eigenvalue weighted by Crippen LogP contribution is 2.24. The summed E-state index contributed by atoms with van der Waals surface area (Å²) >= 11 is 0. The lowest BCUT2D eigenvalue weighted by atomic mass is 9.97. The monoisotopic (exact) mass is 255 g/mol. The van der Waals surface area contributed by atoms with Gasteiger partial charge in [0.25, 0.3) is 5.91 Å². The van der Waals surface area contributed by atoms with E-state index in [1.165, 1.54) is 0 Å². The molecule has 2 heterocycles. The number of piperidine rings is 1. The van der Waals surface area contributed by atoms with E-state index in [2.05, 4.69) is 0 Å². The Bertz CT molecular complexity index is 312. The Labute approximate surface area is 107 Å². The van der Waals surface area contributed by atoms with Gasteiger partial charge in [-0.2, -0.15) is 0 Å². The number of aliphatic carboxylic acids is 1. The van der Waals surface area contributed by atoms with Crippen LogP contribution in [-0.2, 0) is 14.3 Å². The molecule has 2 aliphatic heterocycles. The first-order valence-electron chi connectivity index (χ1n) is 6.82. The second kappa shape index (κ2) is 6.18. The molecule has 0 aromatic rings. The van der Waals surface area contributed by atoms with Crippen LogP contribution < -0.4 is 0 Å². The number of hydrogen-bond donors (Lipinski definition) is 1. The molecule has 0 radical (unpaired) electrons. The minimum absolute atomic E-state index is 0.0718. The van der Waals surface area contributed by atoms with Crippen molar-refractivity contribution in [2.45, 2.75) is 57.1 Å². The molecule has 0 aromatic heterocycles. The number of likely N-dealkylation sites (tertiary alicyclic amines) is 1. The molecule has 2 rings (SSSR count). The molecule has 2 fully saturated rings. The first-order chi connectivity index (χ1) is 8.68. The minimum Gasteiger partial charge on any atom is -0.481 e. The van der Waals surface area contributed by atoms with E-state index in [1.807, 2.05) is 4.90 Å². The number of rotatable bonds is 4. The molecule has 0 saturated carbocycles. The van der Waals surface area contributed by atoms with Crippen molar-refractivity contribution in [2.75, 3.05) is 13.2 Å². The molecule has 2 aliphatic rings. The second-order valence-corrected chi connectivity index (χ2v) is 5.12. The normalized spacial score (nSPS) is 28.3. The van der Waals surface area contributed by atoms with E-state index in [0.717, 1.165) is 38.6 Å². The molecule has 5 heteroatoms. The lowest BCUT2D eigenvalue weighted by Crippen LogP contribution is -2.48. The molecule has 0 aromatic carbocycles. The van der Waals surface area contributed by atoms with Crippen molar-refractivity contribution in [1.82, 2.24) is 4.90 Å². The highest BCUT2D eigenvalue weighted by molar-refractivity contribution is 5.81. The topological polar surface area (TPSA) is 66.8 Å². The van der Waals surface area contributed by atoms with E-state index in [-0.39, 0.29) is 24.5 Å². The summed E-state index contributed by atoms with van der Waals surface area (Å²) in [4.78, 5) is 24.8. The van der Waals surface area contributed by atoms with Crippen LogP contribution in [0.1, 0.15) is 44.9 Å². The third-order valence-electron chi connectivity index (χ3n) is 3.81. The highest BCUT2D eigenvalue weighted by Gasteiger charge is 2.33. The molecule has 5 nitrogen and oxygen atoms in total. The van der Waals surface area contributed by atoms with E-state index >= 15 is 0 Å². The Morgan fingerprint density at radius 3 is 2.72 bits per heavy atom. The molecule has 18 heavy (non-hydrogen) atoms. The predicted molar refractivity (Wildman–Crippen MR) is 65.2 cm³/mol. The zero-order valence-electron chi connectivity index (χ0n) is 10.6. The van der Waals surface area contributed by atoms with Crippen LogP contribution >= 0.6 is 0 Å². The first kappa shape index (κ1) is 13.3. The van der Waals surface area contributed by atoms with Crippen LogP contribution in [0.2, 0.25) is 0 Å². The van der Waals surface area contributed by atoms with Crippen LogP contribution in [0.25, 0.3) is 0 Å². The molecule has 1 N–H and O–H groups in total. The molecule has 2 atom stereocenters. The minimum atomic E-state index is -0.787. The lowest BCUT2D eigenvalue weighted by Gasteiger charge is -2.37. The van der Waals surface area contributed by atoms with Crippen LogP contribution in [0.15, 0.2) is 0 Å². The van der Waals surface area contributed by atoms with Gasteiger partial charge in [-0.15, -0.1) is 0 Å². The number of carboxylic acids is 1. The molecule has 102 valence electrons. The fourth-order valence-corrected chi connectivity index (χ4v) is 2.84. The Morgan fingerprint density at radius 2 is 2.06 bits per heavy atom. The number of carbonyl (C=O) groups excluding carboxylic acids is 1. The molecule has 0 aliphatic carbocycles. The Kier molecular flexibility index (Phi) is 4.58. The summed E-state index contributed by atoms with van der Waals surface area (Å²) in [6, 6.07) is 0.0894. The van der Waals surface area contributed by atoms with Crippen molar-refractivity contribution in [3.8, 4) is 0 Å². The molecular formula is C13H21NO4. The van der Waals surface area contributed by atoms with Gasteiger partial charge >= 0.3 is 5.97 Å². The van der Waals surface area contributed by atoms with Crippen LogP contribution in [0.4, 0.5) is 0 Å². The zero-order valence-corrected chi connectivity index (χ0v) is 10.6. The number of carboxylic acid groups (broad SMARTS) is 1. The summed E-state index contributed by atoms with van der Waals surface area (Å²) in [5, 5.41) is 8.75. The van der Waals surface area contributed by atoms with Gasteiger partial charge in [-0.3, -0.25) is 9.59 Å². The van der Waals surface area contributed by atoms with Crippen molar-refractivity contribution >= 4 is 11.9 Å². The van der Waals surface area contributed by atoms with Gasteiger partial charge in [0.2, 0.25) is 0 Å². The van der Waals surface area contributed by atoms with Gasteiger partial charge in [0.1, 0.15) is 6.10 Å². The van der Waals surface area contributed by atoms with Crippen LogP contribution in [0.5, 0.6) is 0 Å². The third-order valence-corrected chi connectivity index (χ3v) is 3.81. The van der Waals surface area contributed by atoms with E-state index in [4.69, 9.17) is 9.84 Å². The maximum Gasteiger partial charge on any atom is 0.303 e. The predicted octanol–water partition coefficient (Wildman–Crippen LogP) is 1.41.